The number of hydrogen-bond acceptors (Lipinski definition) is 1. The van der Waals surface area contributed by atoms with E-state index in [1.165, 1.54) is 12.1 Å². The number of alkyl halides is 3. The number of carboxylic acid groups (broad SMARTS) is 1. The number of benzene rings is 2. The predicted octanol–water partition coefficient (Wildman–Crippen LogP) is 4.22. The lowest BCUT2D eigenvalue weighted by atomic mass is 9.96. The fourth-order valence-corrected chi connectivity index (χ4v) is 1.91. The Labute approximate surface area is 119 Å². The Kier molecular flexibility index (Phi) is 4.12. The van der Waals surface area contributed by atoms with Crippen LogP contribution in [0.25, 0.3) is 5.57 Å². The average Bonchev–Trinajstić information content (AvgIpc) is 2.45. The molecule has 0 spiro atoms. The summed E-state index contributed by atoms with van der Waals surface area (Å²) < 4.78 is 37.6. The maximum Gasteiger partial charge on any atom is 0.416 e. The number of hydrogen-bond donors (Lipinski definition) is 1. The largest absolute Gasteiger partial charge is 0.478 e. The molecule has 0 radical (unpaired) electrons. The van der Waals surface area contributed by atoms with Gasteiger partial charge in [-0.25, -0.2) is 4.79 Å². The van der Waals surface area contributed by atoms with Crippen molar-refractivity contribution in [2.45, 2.75) is 6.18 Å². The normalized spacial score (nSPS) is 12.2. The molecule has 2 rings (SSSR count). The minimum Gasteiger partial charge on any atom is -0.478 e. The van der Waals surface area contributed by atoms with Crippen molar-refractivity contribution in [1.29, 1.82) is 0 Å². The van der Waals surface area contributed by atoms with E-state index in [0.717, 1.165) is 18.2 Å². The van der Waals surface area contributed by atoms with Crippen LogP contribution in [0.3, 0.4) is 0 Å². The van der Waals surface area contributed by atoms with Crippen molar-refractivity contribution in [3.05, 3.63) is 77.4 Å². The quantitative estimate of drug-likeness (QED) is 0.860. The van der Waals surface area contributed by atoms with Crippen molar-refractivity contribution in [1.82, 2.24) is 0 Å². The number of halogens is 3. The van der Waals surface area contributed by atoms with Crippen LogP contribution in [0.2, 0.25) is 0 Å². The SMILES string of the molecule is O=C(O)/C=C(/c1ccccc1)c1ccc(C(F)(F)F)cc1. The summed E-state index contributed by atoms with van der Waals surface area (Å²) in [7, 11) is 0. The first-order chi connectivity index (χ1) is 9.88. The van der Waals surface area contributed by atoms with E-state index < -0.39 is 17.7 Å². The molecule has 1 N–H and O–H groups in total. The summed E-state index contributed by atoms with van der Waals surface area (Å²) >= 11 is 0. The summed E-state index contributed by atoms with van der Waals surface area (Å²) in [6.45, 7) is 0. The van der Waals surface area contributed by atoms with Crippen LogP contribution in [-0.2, 0) is 11.0 Å². The Hall–Kier alpha value is -2.56. The predicted molar refractivity (Wildman–Crippen MR) is 72.6 cm³/mol. The third kappa shape index (κ3) is 3.72. The van der Waals surface area contributed by atoms with Gasteiger partial charge in [-0.2, -0.15) is 13.2 Å². The second-order valence-corrected chi connectivity index (χ2v) is 4.34. The monoisotopic (exact) mass is 292 g/mol. The third-order valence-corrected chi connectivity index (χ3v) is 2.88. The molecule has 2 nitrogen and oxygen atoms in total. The lowest BCUT2D eigenvalue weighted by molar-refractivity contribution is -0.137. The van der Waals surface area contributed by atoms with Crippen molar-refractivity contribution in [3.63, 3.8) is 0 Å². The van der Waals surface area contributed by atoms with Crippen molar-refractivity contribution in [2.24, 2.45) is 0 Å². The number of carboxylic acids is 1. The molecule has 0 fully saturated rings. The fourth-order valence-electron chi connectivity index (χ4n) is 1.91. The summed E-state index contributed by atoms with van der Waals surface area (Å²) in [6, 6.07) is 13.1. The minimum atomic E-state index is -4.41. The van der Waals surface area contributed by atoms with E-state index in [2.05, 4.69) is 0 Å². The van der Waals surface area contributed by atoms with Gasteiger partial charge in [0, 0.05) is 6.08 Å². The topological polar surface area (TPSA) is 37.3 Å². The van der Waals surface area contributed by atoms with E-state index in [-0.39, 0.29) is 0 Å². The van der Waals surface area contributed by atoms with E-state index in [1.54, 1.807) is 30.3 Å². The highest BCUT2D eigenvalue weighted by atomic mass is 19.4. The number of aliphatic carboxylic acids is 1. The first-order valence-corrected chi connectivity index (χ1v) is 6.05. The van der Waals surface area contributed by atoms with Crippen LogP contribution in [0.4, 0.5) is 13.2 Å². The Morgan fingerprint density at radius 1 is 0.905 bits per heavy atom. The first kappa shape index (κ1) is 14.8. The smallest absolute Gasteiger partial charge is 0.416 e. The standard InChI is InChI=1S/C16H11F3O2/c17-16(18,19)13-8-6-12(7-9-13)14(10-15(20)21)11-4-2-1-3-5-11/h1-10H,(H,20,21)/b14-10-. The lowest BCUT2D eigenvalue weighted by Crippen LogP contribution is -2.04. The van der Waals surface area contributed by atoms with Crippen LogP contribution in [0.1, 0.15) is 16.7 Å². The molecule has 0 atom stereocenters. The molecule has 0 amide bonds. The van der Waals surface area contributed by atoms with Gasteiger partial charge in [0.2, 0.25) is 0 Å². The zero-order valence-corrected chi connectivity index (χ0v) is 10.8. The molecule has 0 saturated carbocycles. The van der Waals surface area contributed by atoms with Crippen LogP contribution in [0.5, 0.6) is 0 Å². The number of carbonyl (C=O) groups is 1. The molecule has 0 aromatic heterocycles. The second-order valence-electron chi connectivity index (χ2n) is 4.34. The molecule has 0 bridgehead atoms. The molecule has 108 valence electrons. The van der Waals surface area contributed by atoms with Crippen molar-refractivity contribution < 1.29 is 23.1 Å². The molecule has 0 saturated heterocycles. The second kappa shape index (κ2) is 5.83. The van der Waals surface area contributed by atoms with E-state index in [0.29, 0.717) is 16.7 Å². The van der Waals surface area contributed by atoms with Gasteiger partial charge in [0.25, 0.3) is 0 Å². The molecule has 0 aliphatic rings. The zero-order chi connectivity index (χ0) is 15.5. The van der Waals surface area contributed by atoms with Crippen LogP contribution in [-0.4, -0.2) is 11.1 Å². The van der Waals surface area contributed by atoms with Gasteiger partial charge < -0.3 is 5.11 Å². The zero-order valence-electron chi connectivity index (χ0n) is 10.8. The molecule has 5 heteroatoms. The summed E-state index contributed by atoms with van der Waals surface area (Å²) in [5.41, 5.74) is 0.627. The Balaban J connectivity index is 2.46. The van der Waals surface area contributed by atoms with E-state index in [4.69, 9.17) is 5.11 Å². The van der Waals surface area contributed by atoms with Gasteiger partial charge in [0.1, 0.15) is 0 Å². The maximum atomic E-state index is 12.5. The summed E-state index contributed by atoms with van der Waals surface area (Å²) in [5, 5.41) is 8.93. The third-order valence-electron chi connectivity index (χ3n) is 2.88. The van der Waals surface area contributed by atoms with Gasteiger partial charge in [-0.1, -0.05) is 42.5 Å². The summed E-state index contributed by atoms with van der Waals surface area (Å²) in [5.74, 6) is -1.16. The van der Waals surface area contributed by atoms with Crippen LogP contribution >= 0.6 is 0 Å². The minimum absolute atomic E-state index is 0.358. The molecule has 2 aromatic carbocycles. The Bertz CT molecular complexity index is 656. The summed E-state index contributed by atoms with van der Waals surface area (Å²) in [6.07, 6.45) is -3.43. The van der Waals surface area contributed by atoms with E-state index in [1.807, 2.05) is 0 Å². The van der Waals surface area contributed by atoms with Crippen LogP contribution in [0.15, 0.2) is 60.7 Å². The highest BCUT2D eigenvalue weighted by Crippen LogP contribution is 2.31. The molecule has 0 aliphatic carbocycles. The van der Waals surface area contributed by atoms with E-state index in [9.17, 15) is 18.0 Å². The van der Waals surface area contributed by atoms with Crippen LogP contribution in [0, 0.1) is 0 Å². The van der Waals surface area contributed by atoms with Gasteiger partial charge >= 0.3 is 12.1 Å². The lowest BCUT2D eigenvalue weighted by Gasteiger charge is -2.10. The molecule has 0 unspecified atom stereocenters. The highest BCUT2D eigenvalue weighted by Gasteiger charge is 2.30. The number of rotatable bonds is 3. The molecule has 0 aliphatic heterocycles. The van der Waals surface area contributed by atoms with Gasteiger partial charge in [-0.3, -0.25) is 0 Å². The maximum absolute atomic E-state index is 12.5. The van der Waals surface area contributed by atoms with Gasteiger partial charge in [0.15, 0.2) is 0 Å². The molecular weight excluding hydrogens is 281 g/mol. The molecule has 0 heterocycles. The van der Waals surface area contributed by atoms with Crippen molar-refractivity contribution in [3.8, 4) is 0 Å². The fraction of sp³-hybridized carbons (Fsp3) is 0.0625. The van der Waals surface area contributed by atoms with E-state index >= 15 is 0 Å². The molecule has 2 aromatic rings. The Morgan fingerprint density at radius 2 is 1.43 bits per heavy atom. The summed E-state index contributed by atoms with van der Waals surface area (Å²) in [4.78, 5) is 10.9. The molecular formula is C16H11F3O2. The molecule has 21 heavy (non-hydrogen) atoms. The van der Waals surface area contributed by atoms with Crippen molar-refractivity contribution in [2.75, 3.05) is 0 Å². The van der Waals surface area contributed by atoms with Gasteiger partial charge in [0.05, 0.1) is 5.56 Å². The van der Waals surface area contributed by atoms with Gasteiger partial charge in [-0.05, 0) is 28.8 Å². The first-order valence-electron chi connectivity index (χ1n) is 6.05. The highest BCUT2D eigenvalue weighted by molar-refractivity contribution is 5.95. The van der Waals surface area contributed by atoms with Crippen molar-refractivity contribution >= 4 is 11.5 Å². The van der Waals surface area contributed by atoms with Crippen LogP contribution < -0.4 is 0 Å². The van der Waals surface area contributed by atoms with Gasteiger partial charge in [-0.15, -0.1) is 0 Å². The average molecular weight is 292 g/mol. The Morgan fingerprint density at radius 3 is 1.90 bits per heavy atom.